The molecule has 9 heteroatoms. The molecule has 2 amide bonds. The van der Waals surface area contributed by atoms with Crippen molar-refractivity contribution in [1.82, 2.24) is 19.7 Å². The van der Waals surface area contributed by atoms with Crippen LogP contribution >= 0.6 is 11.8 Å². The number of anilines is 2. The van der Waals surface area contributed by atoms with Crippen LogP contribution in [0.5, 0.6) is 0 Å². The lowest BCUT2D eigenvalue weighted by Crippen LogP contribution is -2.15. The summed E-state index contributed by atoms with van der Waals surface area (Å²) in [5.74, 6) is 0.572. The zero-order valence-electron chi connectivity index (χ0n) is 17.9. The molecule has 0 aliphatic carbocycles. The summed E-state index contributed by atoms with van der Waals surface area (Å²) in [5, 5.41) is 14.9. The van der Waals surface area contributed by atoms with Crippen LogP contribution in [0.1, 0.15) is 17.3 Å². The van der Waals surface area contributed by atoms with E-state index in [2.05, 4.69) is 25.8 Å². The van der Waals surface area contributed by atoms with E-state index in [4.69, 9.17) is 0 Å². The van der Waals surface area contributed by atoms with Crippen molar-refractivity contribution in [3.8, 4) is 11.4 Å². The highest BCUT2D eigenvalue weighted by atomic mass is 32.2. The van der Waals surface area contributed by atoms with Crippen molar-refractivity contribution >= 4 is 35.0 Å². The van der Waals surface area contributed by atoms with Gasteiger partial charge in [0.2, 0.25) is 5.91 Å². The van der Waals surface area contributed by atoms with Crippen LogP contribution in [0.4, 0.5) is 11.4 Å². The third kappa shape index (κ3) is 5.64. The topological polar surface area (TPSA) is 102 Å². The lowest BCUT2D eigenvalue weighted by molar-refractivity contribution is -0.113. The second-order valence-electron chi connectivity index (χ2n) is 7.03. The highest BCUT2D eigenvalue weighted by molar-refractivity contribution is 7.99. The lowest BCUT2D eigenvalue weighted by Gasteiger charge is -2.09. The Hall–Kier alpha value is -3.98. The van der Waals surface area contributed by atoms with Gasteiger partial charge in [0.05, 0.1) is 5.75 Å². The zero-order valence-corrected chi connectivity index (χ0v) is 18.7. The van der Waals surface area contributed by atoms with Gasteiger partial charge in [0, 0.05) is 41.4 Å². The summed E-state index contributed by atoms with van der Waals surface area (Å²) in [5.41, 5.74) is 2.75. The molecule has 0 atom stereocenters. The number of pyridine rings is 1. The maximum atomic E-state index is 12.4. The Morgan fingerprint density at radius 2 is 1.64 bits per heavy atom. The second-order valence-corrected chi connectivity index (χ2v) is 7.97. The number of amides is 2. The van der Waals surface area contributed by atoms with Gasteiger partial charge in [-0.15, -0.1) is 10.2 Å². The first kappa shape index (κ1) is 22.2. The summed E-state index contributed by atoms with van der Waals surface area (Å²) in [4.78, 5) is 28.8. The summed E-state index contributed by atoms with van der Waals surface area (Å²) < 4.78 is 1.96. The Morgan fingerprint density at radius 3 is 2.30 bits per heavy atom. The molecular formula is C24H22N6O2S. The van der Waals surface area contributed by atoms with E-state index in [1.807, 2.05) is 41.8 Å². The smallest absolute Gasteiger partial charge is 0.255 e. The molecule has 33 heavy (non-hydrogen) atoms. The van der Waals surface area contributed by atoms with Gasteiger partial charge in [-0.1, -0.05) is 30.0 Å². The largest absolute Gasteiger partial charge is 0.325 e. The third-order valence-corrected chi connectivity index (χ3v) is 5.71. The highest BCUT2D eigenvalue weighted by Gasteiger charge is 2.15. The van der Waals surface area contributed by atoms with E-state index >= 15 is 0 Å². The number of carbonyl (C=O) groups excluding carboxylic acids is 2. The van der Waals surface area contributed by atoms with Crippen molar-refractivity contribution in [3.05, 3.63) is 84.7 Å². The minimum atomic E-state index is -0.186. The SMILES string of the molecule is CCn1c(SCC(=O)Nc2ccc(NC(=O)c3ccccc3)cc2)nnc1-c1cccnc1. The Labute approximate surface area is 195 Å². The lowest BCUT2D eigenvalue weighted by atomic mass is 10.2. The Kier molecular flexibility index (Phi) is 7.11. The maximum absolute atomic E-state index is 12.4. The van der Waals surface area contributed by atoms with Gasteiger partial charge in [-0.05, 0) is 55.5 Å². The van der Waals surface area contributed by atoms with Gasteiger partial charge in [0.15, 0.2) is 11.0 Å². The number of benzene rings is 2. The molecule has 2 N–H and O–H groups in total. The third-order valence-electron chi connectivity index (χ3n) is 4.75. The van der Waals surface area contributed by atoms with Crippen LogP contribution in [0.3, 0.4) is 0 Å². The summed E-state index contributed by atoms with van der Waals surface area (Å²) in [6.45, 7) is 2.68. The standard InChI is InChI=1S/C24H22N6O2S/c1-2-30-22(18-9-6-14-25-15-18)28-29-24(30)33-16-21(31)26-19-10-12-20(13-11-19)27-23(32)17-7-4-3-5-8-17/h3-15H,2,16H2,1H3,(H,26,31)(H,27,32). The van der Waals surface area contributed by atoms with Gasteiger partial charge in [-0.3, -0.25) is 14.6 Å². The van der Waals surface area contributed by atoms with Crippen molar-refractivity contribution in [2.45, 2.75) is 18.6 Å². The number of hydrogen-bond acceptors (Lipinski definition) is 6. The molecule has 8 nitrogen and oxygen atoms in total. The molecule has 0 saturated heterocycles. The highest BCUT2D eigenvalue weighted by Crippen LogP contribution is 2.23. The summed E-state index contributed by atoms with van der Waals surface area (Å²) >= 11 is 1.32. The molecule has 0 aliphatic rings. The van der Waals surface area contributed by atoms with Crippen LogP contribution in [0, 0.1) is 0 Å². The Morgan fingerprint density at radius 1 is 0.909 bits per heavy atom. The van der Waals surface area contributed by atoms with Gasteiger partial charge in [-0.25, -0.2) is 0 Å². The molecule has 0 saturated carbocycles. The average molecular weight is 459 g/mol. The number of nitrogens with one attached hydrogen (secondary N) is 2. The van der Waals surface area contributed by atoms with Gasteiger partial charge >= 0.3 is 0 Å². The average Bonchev–Trinajstić information content (AvgIpc) is 3.28. The molecule has 2 aromatic carbocycles. The molecule has 4 aromatic rings. The quantitative estimate of drug-likeness (QED) is 0.381. The number of thioether (sulfide) groups is 1. The van der Waals surface area contributed by atoms with Gasteiger partial charge in [0.1, 0.15) is 0 Å². The number of nitrogens with zero attached hydrogens (tertiary/aromatic N) is 4. The maximum Gasteiger partial charge on any atom is 0.255 e. The Balaban J connectivity index is 1.32. The molecule has 0 radical (unpaired) electrons. The van der Waals surface area contributed by atoms with Crippen LogP contribution in [0.15, 0.2) is 84.3 Å². The second kappa shape index (κ2) is 10.6. The monoisotopic (exact) mass is 458 g/mol. The number of rotatable bonds is 8. The van der Waals surface area contributed by atoms with E-state index in [0.717, 1.165) is 11.4 Å². The molecule has 2 aromatic heterocycles. The minimum absolute atomic E-state index is 0.158. The van der Waals surface area contributed by atoms with E-state index < -0.39 is 0 Å². The fourth-order valence-corrected chi connectivity index (χ4v) is 3.95. The van der Waals surface area contributed by atoms with E-state index in [1.54, 1.807) is 48.8 Å². The molecular weight excluding hydrogens is 436 g/mol. The molecule has 0 aliphatic heterocycles. The molecule has 0 unspecified atom stereocenters. The first-order chi connectivity index (χ1) is 16.1. The number of carbonyl (C=O) groups is 2. The van der Waals surface area contributed by atoms with Crippen molar-refractivity contribution in [3.63, 3.8) is 0 Å². The van der Waals surface area contributed by atoms with Crippen molar-refractivity contribution in [2.75, 3.05) is 16.4 Å². The van der Waals surface area contributed by atoms with Gasteiger partial charge < -0.3 is 15.2 Å². The molecule has 0 fully saturated rings. The van der Waals surface area contributed by atoms with Gasteiger partial charge in [0.25, 0.3) is 5.91 Å². The van der Waals surface area contributed by atoms with Crippen LogP contribution in [-0.2, 0) is 11.3 Å². The molecule has 0 spiro atoms. The predicted molar refractivity (Wildman–Crippen MR) is 129 cm³/mol. The van der Waals surface area contributed by atoms with Crippen molar-refractivity contribution in [2.24, 2.45) is 0 Å². The van der Waals surface area contributed by atoms with Crippen molar-refractivity contribution < 1.29 is 9.59 Å². The normalized spacial score (nSPS) is 10.6. The molecule has 0 bridgehead atoms. The molecule has 166 valence electrons. The first-order valence-corrected chi connectivity index (χ1v) is 11.4. The van der Waals surface area contributed by atoms with E-state index in [0.29, 0.717) is 28.6 Å². The van der Waals surface area contributed by atoms with Crippen LogP contribution in [0.25, 0.3) is 11.4 Å². The molecule has 2 heterocycles. The van der Waals surface area contributed by atoms with E-state index in [9.17, 15) is 9.59 Å². The van der Waals surface area contributed by atoms with Crippen LogP contribution in [0.2, 0.25) is 0 Å². The van der Waals surface area contributed by atoms with E-state index in [1.165, 1.54) is 11.8 Å². The van der Waals surface area contributed by atoms with Crippen LogP contribution < -0.4 is 10.6 Å². The fraction of sp³-hybridized carbons (Fsp3) is 0.125. The number of hydrogen-bond donors (Lipinski definition) is 2. The zero-order chi connectivity index (χ0) is 23.0. The summed E-state index contributed by atoms with van der Waals surface area (Å²) in [7, 11) is 0. The van der Waals surface area contributed by atoms with Crippen LogP contribution in [-0.4, -0.2) is 37.3 Å². The van der Waals surface area contributed by atoms with E-state index in [-0.39, 0.29) is 17.6 Å². The summed E-state index contributed by atoms with van der Waals surface area (Å²) in [6.07, 6.45) is 3.45. The first-order valence-electron chi connectivity index (χ1n) is 10.4. The predicted octanol–water partition coefficient (Wildman–Crippen LogP) is 4.34. The minimum Gasteiger partial charge on any atom is -0.325 e. The molecule has 4 rings (SSSR count). The van der Waals surface area contributed by atoms with Crippen molar-refractivity contribution in [1.29, 1.82) is 0 Å². The fourth-order valence-electron chi connectivity index (χ4n) is 3.15. The van der Waals surface area contributed by atoms with Gasteiger partial charge in [-0.2, -0.15) is 0 Å². The Bertz CT molecular complexity index is 1230. The summed E-state index contributed by atoms with van der Waals surface area (Å²) in [6, 6.07) is 19.8. The number of aromatic nitrogens is 4.